The standard InChI is InChI=1S/C23H21N3O2S/c1-26(2)17-11-9-16(10-12-17)22(27)25-23-24-20-19(28-3)14-13-18(21(20)29-23)15-7-5-4-6-8-15/h4-14H,1-3H3,(H,24,25,27). The number of benzene rings is 3. The molecule has 4 rings (SSSR count). The Morgan fingerprint density at radius 2 is 1.72 bits per heavy atom. The molecule has 6 heteroatoms. The minimum Gasteiger partial charge on any atom is -0.494 e. The summed E-state index contributed by atoms with van der Waals surface area (Å²) in [6.45, 7) is 0. The van der Waals surface area contributed by atoms with E-state index in [1.165, 1.54) is 11.3 Å². The number of methoxy groups -OCH3 is 1. The number of carbonyl (C=O) groups excluding carboxylic acids is 1. The molecular formula is C23H21N3O2S. The highest BCUT2D eigenvalue weighted by molar-refractivity contribution is 7.23. The molecule has 0 saturated carbocycles. The van der Waals surface area contributed by atoms with E-state index in [0.29, 0.717) is 16.4 Å². The van der Waals surface area contributed by atoms with Gasteiger partial charge in [0.15, 0.2) is 5.13 Å². The summed E-state index contributed by atoms with van der Waals surface area (Å²) in [5.41, 5.74) is 4.54. The number of hydrogen-bond acceptors (Lipinski definition) is 5. The van der Waals surface area contributed by atoms with E-state index in [4.69, 9.17) is 4.74 Å². The Kier molecular flexibility index (Phi) is 5.18. The van der Waals surface area contributed by atoms with Gasteiger partial charge in [-0.15, -0.1) is 0 Å². The summed E-state index contributed by atoms with van der Waals surface area (Å²) in [6.07, 6.45) is 0. The number of fused-ring (bicyclic) bond motifs is 1. The first-order valence-electron chi connectivity index (χ1n) is 9.18. The van der Waals surface area contributed by atoms with Crippen LogP contribution in [0.4, 0.5) is 10.8 Å². The topological polar surface area (TPSA) is 54.5 Å². The minimum atomic E-state index is -0.186. The molecule has 0 fully saturated rings. The number of ether oxygens (including phenoxy) is 1. The van der Waals surface area contributed by atoms with Gasteiger partial charge in [0, 0.05) is 30.9 Å². The van der Waals surface area contributed by atoms with Gasteiger partial charge in [-0.25, -0.2) is 4.98 Å². The lowest BCUT2D eigenvalue weighted by Gasteiger charge is -2.12. The number of carbonyl (C=O) groups is 1. The first kappa shape index (κ1) is 19.0. The van der Waals surface area contributed by atoms with Gasteiger partial charge < -0.3 is 9.64 Å². The zero-order valence-electron chi connectivity index (χ0n) is 16.5. The molecule has 146 valence electrons. The largest absolute Gasteiger partial charge is 0.494 e. The van der Waals surface area contributed by atoms with Crippen molar-refractivity contribution in [2.24, 2.45) is 0 Å². The quantitative estimate of drug-likeness (QED) is 0.492. The fraction of sp³-hybridized carbons (Fsp3) is 0.130. The van der Waals surface area contributed by atoms with Crippen LogP contribution in [0.5, 0.6) is 5.75 Å². The molecule has 0 aliphatic heterocycles. The van der Waals surface area contributed by atoms with Crippen molar-refractivity contribution in [2.45, 2.75) is 0 Å². The number of rotatable bonds is 5. The van der Waals surface area contributed by atoms with Gasteiger partial charge in [0.2, 0.25) is 0 Å². The summed E-state index contributed by atoms with van der Waals surface area (Å²) in [4.78, 5) is 19.3. The predicted octanol–water partition coefficient (Wildman–Crippen LogP) is 5.29. The molecule has 1 heterocycles. The highest BCUT2D eigenvalue weighted by Crippen LogP contribution is 2.39. The first-order valence-corrected chi connectivity index (χ1v) is 10.00. The number of nitrogens with one attached hydrogen (secondary N) is 1. The molecule has 3 aromatic carbocycles. The van der Waals surface area contributed by atoms with Crippen LogP contribution in [-0.2, 0) is 0 Å². The molecule has 5 nitrogen and oxygen atoms in total. The Morgan fingerprint density at radius 1 is 1.00 bits per heavy atom. The Bertz CT molecular complexity index is 1150. The smallest absolute Gasteiger partial charge is 0.257 e. The van der Waals surface area contributed by atoms with Gasteiger partial charge in [-0.2, -0.15) is 0 Å². The number of hydrogen-bond donors (Lipinski definition) is 1. The van der Waals surface area contributed by atoms with E-state index < -0.39 is 0 Å². The normalized spacial score (nSPS) is 10.7. The average molecular weight is 404 g/mol. The maximum atomic E-state index is 12.7. The van der Waals surface area contributed by atoms with E-state index in [2.05, 4.69) is 22.4 Å². The van der Waals surface area contributed by atoms with Gasteiger partial charge in [0.05, 0.1) is 11.8 Å². The Hall–Kier alpha value is -3.38. The van der Waals surface area contributed by atoms with Crippen LogP contribution in [-0.4, -0.2) is 32.1 Å². The highest BCUT2D eigenvalue weighted by Gasteiger charge is 2.16. The van der Waals surface area contributed by atoms with E-state index in [-0.39, 0.29) is 5.91 Å². The van der Waals surface area contributed by atoms with Crippen LogP contribution in [0.3, 0.4) is 0 Å². The number of amides is 1. The Balaban J connectivity index is 1.68. The Labute approximate surface area is 173 Å². The second kappa shape index (κ2) is 7.93. The predicted molar refractivity (Wildman–Crippen MR) is 120 cm³/mol. The van der Waals surface area contributed by atoms with E-state index >= 15 is 0 Å². The van der Waals surface area contributed by atoms with Crippen molar-refractivity contribution in [3.8, 4) is 16.9 Å². The molecule has 1 amide bonds. The molecule has 29 heavy (non-hydrogen) atoms. The highest BCUT2D eigenvalue weighted by atomic mass is 32.1. The van der Waals surface area contributed by atoms with Crippen LogP contribution < -0.4 is 15.0 Å². The van der Waals surface area contributed by atoms with Crippen molar-refractivity contribution < 1.29 is 9.53 Å². The summed E-state index contributed by atoms with van der Waals surface area (Å²) in [5, 5.41) is 3.47. The second-order valence-corrected chi connectivity index (χ2v) is 7.77. The van der Waals surface area contributed by atoms with Crippen LogP contribution in [0.1, 0.15) is 10.4 Å². The first-order chi connectivity index (χ1) is 14.1. The van der Waals surface area contributed by atoms with E-state index in [0.717, 1.165) is 27.0 Å². The molecule has 1 N–H and O–H groups in total. The van der Waals surface area contributed by atoms with Gasteiger partial charge in [0.25, 0.3) is 5.91 Å². The SMILES string of the molecule is COc1ccc(-c2ccccc2)c2sc(NC(=O)c3ccc(N(C)C)cc3)nc12. The number of aromatic nitrogens is 1. The van der Waals surface area contributed by atoms with E-state index in [9.17, 15) is 4.79 Å². The molecule has 0 radical (unpaired) electrons. The van der Waals surface area contributed by atoms with Crippen molar-refractivity contribution in [3.05, 3.63) is 72.3 Å². The van der Waals surface area contributed by atoms with Gasteiger partial charge in [-0.3, -0.25) is 10.1 Å². The molecule has 4 aromatic rings. The van der Waals surface area contributed by atoms with E-state index in [1.807, 2.05) is 73.6 Å². The second-order valence-electron chi connectivity index (χ2n) is 6.77. The van der Waals surface area contributed by atoms with Crippen LogP contribution in [0, 0.1) is 0 Å². The molecular weight excluding hydrogens is 382 g/mol. The van der Waals surface area contributed by atoms with Crippen LogP contribution >= 0.6 is 11.3 Å². The lowest BCUT2D eigenvalue weighted by molar-refractivity contribution is 0.102. The zero-order chi connectivity index (χ0) is 20.4. The van der Waals surface area contributed by atoms with Gasteiger partial charge >= 0.3 is 0 Å². The van der Waals surface area contributed by atoms with Crippen LogP contribution in [0.25, 0.3) is 21.3 Å². The summed E-state index contributed by atoms with van der Waals surface area (Å²) in [5.74, 6) is 0.501. The third kappa shape index (κ3) is 3.79. The van der Waals surface area contributed by atoms with Crippen molar-refractivity contribution in [3.63, 3.8) is 0 Å². The molecule has 0 saturated heterocycles. The van der Waals surface area contributed by atoms with Gasteiger partial charge in [-0.1, -0.05) is 41.7 Å². The Morgan fingerprint density at radius 3 is 2.38 bits per heavy atom. The molecule has 0 aliphatic rings. The van der Waals surface area contributed by atoms with Crippen molar-refractivity contribution >= 4 is 38.3 Å². The molecule has 0 unspecified atom stereocenters. The summed E-state index contributed by atoms with van der Waals surface area (Å²) >= 11 is 1.45. The molecule has 1 aromatic heterocycles. The van der Waals surface area contributed by atoms with Crippen LogP contribution in [0.15, 0.2) is 66.7 Å². The van der Waals surface area contributed by atoms with Crippen molar-refractivity contribution in [1.29, 1.82) is 0 Å². The summed E-state index contributed by atoms with van der Waals surface area (Å²) in [7, 11) is 5.56. The number of nitrogens with zero attached hydrogens (tertiary/aromatic N) is 2. The van der Waals surface area contributed by atoms with Crippen molar-refractivity contribution in [1.82, 2.24) is 4.98 Å². The zero-order valence-corrected chi connectivity index (χ0v) is 17.3. The average Bonchev–Trinajstić information content (AvgIpc) is 3.17. The fourth-order valence-corrected chi connectivity index (χ4v) is 4.14. The van der Waals surface area contributed by atoms with E-state index in [1.54, 1.807) is 7.11 Å². The number of anilines is 2. The van der Waals surface area contributed by atoms with Gasteiger partial charge in [0.1, 0.15) is 11.3 Å². The minimum absolute atomic E-state index is 0.186. The third-order valence-electron chi connectivity index (χ3n) is 4.68. The monoisotopic (exact) mass is 403 g/mol. The van der Waals surface area contributed by atoms with Crippen molar-refractivity contribution in [2.75, 3.05) is 31.4 Å². The third-order valence-corrected chi connectivity index (χ3v) is 5.68. The molecule has 0 aliphatic carbocycles. The summed E-state index contributed by atoms with van der Waals surface area (Å²) in [6, 6.07) is 21.5. The molecule has 0 spiro atoms. The maximum absolute atomic E-state index is 12.7. The lowest BCUT2D eigenvalue weighted by Crippen LogP contribution is -2.13. The lowest BCUT2D eigenvalue weighted by atomic mass is 10.1. The number of thiazole rings is 1. The maximum Gasteiger partial charge on any atom is 0.257 e. The fourth-order valence-electron chi connectivity index (χ4n) is 3.13. The van der Waals surface area contributed by atoms with Crippen LogP contribution in [0.2, 0.25) is 0 Å². The molecule has 0 bridgehead atoms. The summed E-state index contributed by atoms with van der Waals surface area (Å²) < 4.78 is 6.46. The molecule has 0 atom stereocenters. The van der Waals surface area contributed by atoms with Gasteiger partial charge in [-0.05, 0) is 42.0 Å².